The first-order chi connectivity index (χ1) is 14.1. The van der Waals surface area contributed by atoms with Gasteiger partial charge >= 0.3 is 0 Å². The van der Waals surface area contributed by atoms with Gasteiger partial charge in [-0.15, -0.1) is 0 Å². The third-order valence-electron chi connectivity index (χ3n) is 4.99. The predicted molar refractivity (Wildman–Crippen MR) is 108 cm³/mol. The first-order valence-corrected chi connectivity index (χ1v) is 9.41. The van der Waals surface area contributed by atoms with Gasteiger partial charge in [0.15, 0.2) is 5.82 Å². The maximum Gasteiger partial charge on any atom is 0.255 e. The molecular weight excluding hydrogens is 370 g/mol. The lowest BCUT2D eigenvalue weighted by Gasteiger charge is -2.28. The minimum atomic E-state index is -0.125. The molecule has 0 fully saturated rings. The minimum Gasteiger partial charge on any atom is -0.497 e. The van der Waals surface area contributed by atoms with Gasteiger partial charge in [-0.25, -0.2) is 9.97 Å². The van der Waals surface area contributed by atoms with Gasteiger partial charge in [0.2, 0.25) is 0 Å². The van der Waals surface area contributed by atoms with Gasteiger partial charge in [-0.3, -0.25) is 14.7 Å². The fraction of sp³-hybridized carbons (Fsp3) is 0.333. The second-order valence-electron chi connectivity index (χ2n) is 7.06. The van der Waals surface area contributed by atoms with Gasteiger partial charge in [-0.1, -0.05) is 0 Å². The summed E-state index contributed by atoms with van der Waals surface area (Å²) in [6, 6.07) is 5.82. The number of aromatic nitrogens is 4. The summed E-state index contributed by atoms with van der Waals surface area (Å²) >= 11 is 0. The van der Waals surface area contributed by atoms with Crippen LogP contribution < -0.4 is 15.0 Å². The van der Waals surface area contributed by atoms with Crippen LogP contribution in [0.15, 0.2) is 35.4 Å². The molecule has 0 amide bonds. The molecule has 0 spiro atoms. The zero-order valence-corrected chi connectivity index (χ0v) is 16.7. The van der Waals surface area contributed by atoms with Crippen LogP contribution in [0.5, 0.6) is 11.5 Å². The predicted octanol–water partition coefficient (Wildman–Crippen LogP) is 2.11. The summed E-state index contributed by atoms with van der Waals surface area (Å²) in [6.07, 6.45) is 4.00. The minimum absolute atomic E-state index is 0.125. The van der Waals surface area contributed by atoms with E-state index < -0.39 is 0 Å². The lowest BCUT2D eigenvalue weighted by molar-refractivity contribution is 0.241. The summed E-state index contributed by atoms with van der Waals surface area (Å²) in [4.78, 5) is 31.0. The monoisotopic (exact) mass is 393 g/mol. The smallest absolute Gasteiger partial charge is 0.255 e. The summed E-state index contributed by atoms with van der Waals surface area (Å²) in [6.45, 7) is 3.91. The number of nitrogens with one attached hydrogen (secondary N) is 1. The number of ether oxygens (including phenoxy) is 2. The molecular formula is C21H23N5O3. The van der Waals surface area contributed by atoms with Gasteiger partial charge < -0.3 is 14.5 Å². The van der Waals surface area contributed by atoms with Gasteiger partial charge in [-0.2, -0.15) is 0 Å². The molecule has 8 heteroatoms. The van der Waals surface area contributed by atoms with Crippen LogP contribution in [0.3, 0.4) is 0 Å². The number of aryl methyl sites for hydroxylation is 1. The van der Waals surface area contributed by atoms with Crippen molar-refractivity contribution in [1.29, 1.82) is 0 Å². The Morgan fingerprint density at radius 1 is 1.10 bits per heavy atom. The number of fused-ring (bicyclic) bond motifs is 1. The number of benzene rings is 1. The fourth-order valence-corrected chi connectivity index (χ4v) is 3.47. The SMILES string of the molecule is COc1cc(CN2CCc3nc(-c4cnc(C)cn4)[nH]c(=O)c3C2)cc(OC)c1. The van der Waals surface area contributed by atoms with Crippen LogP contribution in [0.25, 0.3) is 11.5 Å². The number of hydrogen-bond acceptors (Lipinski definition) is 7. The molecule has 2 aromatic heterocycles. The van der Waals surface area contributed by atoms with Gasteiger partial charge in [-0.05, 0) is 24.6 Å². The van der Waals surface area contributed by atoms with Gasteiger partial charge in [0.05, 0.1) is 37.4 Å². The summed E-state index contributed by atoms with van der Waals surface area (Å²) in [5, 5.41) is 0. The highest BCUT2D eigenvalue weighted by Crippen LogP contribution is 2.25. The Kier molecular flexibility index (Phi) is 5.26. The molecule has 0 radical (unpaired) electrons. The summed E-state index contributed by atoms with van der Waals surface area (Å²) in [7, 11) is 3.27. The molecule has 0 bridgehead atoms. The van der Waals surface area contributed by atoms with E-state index >= 15 is 0 Å². The zero-order valence-electron chi connectivity index (χ0n) is 16.7. The maximum absolute atomic E-state index is 12.7. The van der Waals surface area contributed by atoms with Gasteiger partial charge in [0.25, 0.3) is 5.56 Å². The van der Waals surface area contributed by atoms with Crippen LogP contribution in [-0.2, 0) is 19.5 Å². The first kappa shape index (κ1) is 19.1. The molecule has 150 valence electrons. The lowest BCUT2D eigenvalue weighted by Crippen LogP contribution is -2.35. The lowest BCUT2D eigenvalue weighted by atomic mass is 10.1. The zero-order chi connectivity index (χ0) is 20.4. The molecule has 8 nitrogen and oxygen atoms in total. The fourth-order valence-electron chi connectivity index (χ4n) is 3.47. The number of H-pyrrole nitrogens is 1. The average molecular weight is 393 g/mol. The molecule has 0 saturated carbocycles. The van der Waals surface area contributed by atoms with Crippen molar-refractivity contribution in [1.82, 2.24) is 24.8 Å². The first-order valence-electron chi connectivity index (χ1n) is 9.41. The molecule has 1 N–H and O–H groups in total. The van der Waals surface area contributed by atoms with Crippen molar-refractivity contribution in [3.05, 3.63) is 63.5 Å². The van der Waals surface area contributed by atoms with Crippen molar-refractivity contribution in [3.8, 4) is 23.0 Å². The van der Waals surface area contributed by atoms with E-state index in [4.69, 9.17) is 9.47 Å². The largest absolute Gasteiger partial charge is 0.497 e. The summed E-state index contributed by atoms with van der Waals surface area (Å²) in [5.74, 6) is 1.97. The Bertz CT molecular complexity index is 1060. The third-order valence-corrected chi connectivity index (χ3v) is 4.99. The Morgan fingerprint density at radius 3 is 2.52 bits per heavy atom. The molecule has 4 rings (SSSR count). The molecule has 3 aromatic rings. The highest BCUT2D eigenvalue weighted by atomic mass is 16.5. The molecule has 1 aromatic carbocycles. The highest BCUT2D eigenvalue weighted by molar-refractivity contribution is 5.48. The molecule has 0 saturated heterocycles. The van der Waals surface area contributed by atoms with E-state index in [2.05, 4.69) is 24.8 Å². The average Bonchev–Trinajstić information content (AvgIpc) is 2.74. The number of hydrogen-bond donors (Lipinski definition) is 1. The van der Waals surface area contributed by atoms with E-state index in [9.17, 15) is 4.79 Å². The Labute approximate surface area is 168 Å². The Morgan fingerprint density at radius 2 is 1.86 bits per heavy atom. The van der Waals surface area contributed by atoms with Crippen molar-refractivity contribution in [3.63, 3.8) is 0 Å². The van der Waals surface area contributed by atoms with Crippen molar-refractivity contribution in [2.75, 3.05) is 20.8 Å². The molecule has 0 aliphatic carbocycles. The van der Waals surface area contributed by atoms with Gasteiger partial charge in [0.1, 0.15) is 17.2 Å². The standard InChI is InChI=1S/C21H23N5O3/c1-13-9-23-19(10-22-13)20-24-18-4-5-26(12-17(18)21(27)25-20)11-14-6-15(28-2)8-16(7-14)29-3/h6-10H,4-5,11-12H2,1-3H3,(H,24,25,27). The molecule has 29 heavy (non-hydrogen) atoms. The molecule has 0 atom stereocenters. The number of nitrogens with zero attached hydrogens (tertiary/aromatic N) is 4. The van der Waals surface area contributed by atoms with E-state index in [0.29, 0.717) is 36.6 Å². The van der Waals surface area contributed by atoms with E-state index in [1.165, 1.54) is 0 Å². The van der Waals surface area contributed by atoms with Crippen molar-refractivity contribution in [2.45, 2.75) is 26.4 Å². The maximum atomic E-state index is 12.7. The van der Waals surface area contributed by atoms with Crippen LogP contribution in [0.1, 0.15) is 22.5 Å². The molecule has 1 aliphatic heterocycles. The van der Waals surface area contributed by atoms with Gasteiger partial charge in [0, 0.05) is 38.3 Å². The van der Waals surface area contributed by atoms with E-state index in [-0.39, 0.29) is 5.56 Å². The summed E-state index contributed by atoms with van der Waals surface area (Å²) < 4.78 is 10.7. The van der Waals surface area contributed by atoms with Crippen LogP contribution in [0.4, 0.5) is 0 Å². The normalized spacial score (nSPS) is 13.8. The van der Waals surface area contributed by atoms with Crippen LogP contribution in [-0.4, -0.2) is 45.6 Å². The van der Waals surface area contributed by atoms with Crippen LogP contribution >= 0.6 is 0 Å². The molecule has 0 unspecified atom stereocenters. The quantitative estimate of drug-likeness (QED) is 0.710. The number of aromatic amines is 1. The van der Waals surface area contributed by atoms with Crippen LogP contribution in [0, 0.1) is 6.92 Å². The van der Waals surface area contributed by atoms with Crippen molar-refractivity contribution < 1.29 is 9.47 Å². The highest BCUT2D eigenvalue weighted by Gasteiger charge is 2.22. The van der Waals surface area contributed by atoms with E-state index in [1.807, 2.05) is 25.1 Å². The van der Waals surface area contributed by atoms with Crippen LogP contribution in [0.2, 0.25) is 0 Å². The van der Waals surface area contributed by atoms with E-state index in [0.717, 1.165) is 35.0 Å². The molecule has 3 heterocycles. The third kappa shape index (κ3) is 4.12. The topological polar surface area (TPSA) is 93.2 Å². The van der Waals surface area contributed by atoms with Crippen molar-refractivity contribution in [2.24, 2.45) is 0 Å². The molecule has 1 aliphatic rings. The van der Waals surface area contributed by atoms with E-state index in [1.54, 1.807) is 26.6 Å². The summed E-state index contributed by atoms with van der Waals surface area (Å²) in [5.41, 5.74) is 3.86. The second-order valence-corrected chi connectivity index (χ2v) is 7.06. The van der Waals surface area contributed by atoms with Crippen molar-refractivity contribution >= 4 is 0 Å². The Balaban J connectivity index is 1.56. The Hall–Kier alpha value is -3.26. The second kappa shape index (κ2) is 8.00. The number of rotatable bonds is 5. The number of methoxy groups -OCH3 is 2.